The number of sulfone groups is 1. The Kier molecular flexibility index (Phi) is 6.01. The standard InChI is InChI=1S/C14H27N3O3S/c1-2-15-9-12-3-6-17(7-4-12)10-14(18)16-13-5-8-21(19,20)11-13/h12-13,15H,2-11H2,1H3,(H,16,18). The number of hydrogen-bond acceptors (Lipinski definition) is 5. The van der Waals surface area contributed by atoms with Crippen LogP contribution >= 0.6 is 0 Å². The number of rotatable bonds is 6. The maximum atomic E-state index is 12.0. The Bertz CT molecular complexity index is 444. The Labute approximate surface area is 127 Å². The molecular formula is C14H27N3O3S. The van der Waals surface area contributed by atoms with E-state index in [1.165, 1.54) is 0 Å². The van der Waals surface area contributed by atoms with Crippen LogP contribution in [0.25, 0.3) is 0 Å². The zero-order valence-electron chi connectivity index (χ0n) is 12.8. The molecule has 0 bridgehead atoms. The van der Waals surface area contributed by atoms with Crippen molar-refractivity contribution in [2.45, 2.75) is 32.2 Å². The molecule has 6 nitrogen and oxygen atoms in total. The van der Waals surface area contributed by atoms with E-state index in [4.69, 9.17) is 0 Å². The first-order chi connectivity index (χ1) is 9.98. The van der Waals surface area contributed by atoms with E-state index in [9.17, 15) is 13.2 Å². The second kappa shape index (κ2) is 7.56. The van der Waals surface area contributed by atoms with Gasteiger partial charge in [0.25, 0.3) is 0 Å². The third-order valence-electron chi connectivity index (χ3n) is 4.35. The van der Waals surface area contributed by atoms with Crippen molar-refractivity contribution in [3.8, 4) is 0 Å². The van der Waals surface area contributed by atoms with Crippen molar-refractivity contribution < 1.29 is 13.2 Å². The van der Waals surface area contributed by atoms with Crippen LogP contribution in [0.2, 0.25) is 0 Å². The van der Waals surface area contributed by atoms with Crippen molar-refractivity contribution in [3.05, 3.63) is 0 Å². The second-order valence-electron chi connectivity index (χ2n) is 6.19. The van der Waals surface area contributed by atoms with Crippen LogP contribution in [0.4, 0.5) is 0 Å². The Morgan fingerprint density at radius 1 is 1.24 bits per heavy atom. The lowest BCUT2D eigenvalue weighted by molar-refractivity contribution is -0.123. The van der Waals surface area contributed by atoms with Gasteiger partial charge in [-0.15, -0.1) is 0 Å². The van der Waals surface area contributed by atoms with Crippen LogP contribution in [0, 0.1) is 5.92 Å². The maximum absolute atomic E-state index is 12.0. The molecule has 0 spiro atoms. The summed E-state index contributed by atoms with van der Waals surface area (Å²) >= 11 is 0. The molecule has 2 rings (SSSR count). The summed E-state index contributed by atoms with van der Waals surface area (Å²) in [6.07, 6.45) is 2.80. The largest absolute Gasteiger partial charge is 0.351 e. The number of amides is 1. The number of likely N-dealkylation sites (tertiary alicyclic amines) is 1. The van der Waals surface area contributed by atoms with Crippen molar-refractivity contribution in [2.75, 3.05) is 44.2 Å². The van der Waals surface area contributed by atoms with E-state index in [0.717, 1.165) is 39.0 Å². The molecule has 2 aliphatic heterocycles. The predicted octanol–water partition coefficient (Wildman–Crippen LogP) is -0.389. The van der Waals surface area contributed by atoms with E-state index in [-0.39, 0.29) is 23.5 Å². The highest BCUT2D eigenvalue weighted by molar-refractivity contribution is 7.91. The number of carbonyl (C=O) groups excluding carboxylic acids is 1. The lowest BCUT2D eigenvalue weighted by atomic mass is 9.97. The van der Waals surface area contributed by atoms with E-state index in [2.05, 4.69) is 22.5 Å². The SMILES string of the molecule is CCNCC1CCN(CC(=O)NC2CCS(=O)(=O)C2)CC1. The summed E-state index contributed by atoms with van der Waals surface area (Å²) in [7, 11) is -2.93. The zero-order valence-corrected chi connectivity index (χ0v) is 13.6. The molecule has 1 atom stereocenters. The summed E-state index contributed by atoms with van der Waals surface area (Å²) in [5.41, 5.74) is 0. The van der Waals surface area contributed by atoms with Gasteiger partial charge < -0.3 is 10.6 Å². The van der Waals surface area contributed by atoms with Crippen LogP contribution in [0.15, 0.2) is 0 Å². The molecule has 1 unspecified atom stereocenters. The Morgan fingerprint density at radius 2 is 1.95 bits per heavy atom. The van der Waals surface area contributed by atoms with Crippen molar-refractivity contribution in [1.29, 1.82) is 0 Å². The summed E-state index contributed by atoms with van der Waals surface area (Å²) in [6, 6.07) is -0.186. The van der Waals surface area contributed by atoms with Crippen LogP contribution in [-0.2, 0) is 14.6 Å². The molecule has 2 fully saturated rings. The zero-order chi connectivity index (χ0) is 15.3. The molecule has 0 aliphatic carbocycles. The third-order valence-corrected chi connectivity index (χ3v) is 6.12. The van der Waals surface area contributed by atoms with Gasteiger partial charge in [0.1, 0.15) is 0 Å². The van der Waals surface area contributed by atoms with Crippen molar-refractivity contribution >= 4 is 15.7 Å². The molecule has 2 saturated heterocycles. The molecule has 0 aromatic heterocycles. The Hall–Kier alpha value is -0.660. The third kappa shape index (κ3) is 5.56. The minimum atomic E-state index is -2.93. The van der Waals surface area contributed by atoms with Gasteiger partial charge in [0.05, 0.1) is 18.1 Å². The van der Waals surface area contributed by atoms with Gasteiger partial charge in [0, 0.05) is 6.04 Å². The lowest BCUT2D eigenvalue weighted by Gasteiger charge is -2.31. The lowest BCUT2D eigenvalue weighted by Crippen LogP contribution is -2.45. The normalized spacial score (nSPS) is 26.8. The summed E-state index contributed by atoms with van der Waals surface area (Å²) in [5, 5.41) is 6.23. The van der Waals surface area contributed by atoms with Gasteiger partial charge in [-0.2, -0.15) is 0 Å². The Balaban J connectivity index is 1.65. The van der Waals surface area contributed by atoms with Gasteiger partial charge in [0.15, 0.2) is 9.84 Å². The summed E-state index contributed by atoms with van der Waals surface area (Å²) < 4.78 is 22.7. The van der Waals surface area contributed by atoms with Crippen LogP contribution in [0.3, 0.4) is 0 Å². The number of carbonyl (C=O) groups is 1. The molecule has 2 N–H and O–H groups in total. The van der Waals surface area contributed by atoms with E-state index in [1.807, 2.05) is 0 Å². The number of nitrogens with zero attached hydrogens (tertiary/aromatic N) is 1. The first-order valence-electron chi connectivity index (χ1n) is 7.91. The quantitative estimate of drug-likeness (QED) is 0.698. The van der Waals surface area contributed by atoms with Gasteiger partial charge in [-0.05, 0) is 51.4 Å². The predicted molar refractivity (Wildman–Crippen MR) is 82.9 cm³/mol. The molecular weight excluding hydrogens is 290 g/mol. The molecule has 21 heavy (non-hydrogen) atoms. The fraction of sp³-hybridized carbons (Fsp3) is 0.929. The van der Waals surface area contributed by atoms with Crippen LogP contribution < -0.4 is 10.6 Å². The number of hydrogen-bond donors (Lipinski definition) is 2. The number of piperidine rings is 1. The van der Waals surface area contributed by atoms with Gasteiger partial charge in [-0.25, -0.2) is 8.42 Å². The second-order valence-corrected chi connectivity index (χ2v) is 8.42. The van der Waals surface area contributed by atoms with Gasteiger partial charge in [-0.1, -0.05) is 6.92 Å². The number of nitrogens with one attached hydrogen (secondary N) is 2. The fourth-order valence-electron chi connectivity index (χ4n) is 3.08. The first-order valence-corrected chi connectivity index (χ1v) is 9.73. The fourth-order valence-corrected chi connectivity index (χ4v) is 4.76. The molecule has 122 valence electrons. The molecule has 2 heterocycles. The van der Waals surface area contributed by atoms with E-state index in [0.29, 0.717) is 18.9 Å². The first kappa shape index (κ1) is 16.7. The summed E-state index contributed by atoms with van der Waals surface area (Å²) in [6.45, 7) is 6.48. The molecule has 0 saturated carbocycles. The highest BCUT2D eigenvalue weighted by Gasteiger charge is 2.29. The monoisotopic (exact) mass is 317 g/mol. The van der Waals surface area contributed by atoms with Gasteiger partial charge >= 0.3 is 0 Å². The minimum Gasteiger partial charge on any atom is -0.351 e. The maximum Gasteiger partial charge on any atom is 0.234 e. The van der Waals surface area contributed by atoms with Crippen LogP contribution in [-0.4, -0.2) is 69.5 Å². The molecule has 0 aromatic carbocycles. The van der Waals surface area contributed by atoms with E-state index < -0.39 is 9.84 Å². The topological polar surface area (TPSA) is 78.5 Å². The van der Waals surface area contributed by atoms with E-state index >= 15 is 0 Å². The highest BCUT2D eigenvalue weighted by Crippen LogP contribution is 2.16. The minimum absolute atomic E-state index is 0.0396. The van der Waals surface area contributed by atoms with Crippen molar-refractivity contribution in [3.63, 3.8) is 0 Å². The van der Waals surface area contributed by atoms with Crippen molar-refractivity contribution in [2.24, 2.45) is 5.92 Å². The summed E-state index contributed by atoms with van der Waals surface area (Å²) in [5.74, 6) is 0.976. The van der Waals surface area contributed by atoms with Crippen molar-refractivity contribution in [1.82, 2.24) is 15.5 Å². The van der Waals surface area contributed by atoms with Gasteiger partial charge in [0.2, 0.25) is 5.91 Å². The molecule has 7 heteroatoms. The molecule has 0 aromatic rings. The smallest absolute Gasteiger partial charge is 0.234 e. The average Bonchev–Trinajstić information content (AvgIpc) is 2.77. The van der Waals surface area contributed by atoms with Crippen LogP contribution in [0.1, 0.15) is 26.2 Å². The molecule has 2 aliphatic rings. The van der Waals surface area contributed by atoms with E-state index in [1.54, 1.807) is 0 Å². The molecule has 1 amide bonds. The van der Waals surface area contributed by atoms with Crippen LogP contribution in [0.5, 0.6) is 0 Å². The Morgan fingerprint density at radius 3 is 2.52 bits per heavy atom. The average molecular weight is 317 g/mol. The highest BCUT2D eigenvalue weighted by atomic mass is 32.2. The molecule has 0 radical (unpaired) electrons. The summed E-state index contributed by atoms with van der Waals surface area (Å²) in [4.78, 5) is 14.1. The van der Waals surface area contributed by atoms with Gasteiger partial charge in [-0.3, -0.25) is 9.69 Å².